The van der Waals surface area contributed by atoms with Crippen LogP contribution >= 0.6 is 0 Å². The van der Waals surface area contributed by atoms with Gasteiger partial charge in [0.15, 0.2) is 0 Å². The highest BCUT2D eigenvalue weighted by molar-refractivity contribution is 5.60. The molecule has 1 aliphatic rings. The zero-order valence-electron chi connectivity index (χ0n) is 11.5. The molecule has 1 saturated carbocycles. The van der Waals surface area contributed by atoms with Crippen molar-refractivity contribution >= 4 is 5.69 Å². The Morgan fingerprint density at radius 1 is 1.22 bits per heavy atom. The van der Waals surface area contributed by atoms with E-state index in [0.717, 1.165) is 23.1 Å². The Morgan fingerprint density at radius 3 is 2.56 bits per heavy atom. The second-order valence-corrected chi connectivity index (χ2v) is 4.79. The number of anilines is 1. The minimum absolute atomic E-state index is 0.501. The Kier molecular flexibility index (Phi) is 4.34. The highest BCUT2D eigenvalue weighted by Gasteiger charge is 2.28. The molecule has 0 bridgehead atoms. The lowest BCUT2D eigenvalue weighted by molar-refractivity contribution is 0.331. The van der Waals surface area contributed by atoms with Crippen molar-refractivity contribution in [2.24, 2.45) is 5.92 Å². The third-order valence-electron chi connectivity index (χ3n) is 3.27. The van der Waals surface area contributed by atoms with Crippen LogP contribution in [-0.2, 0) is 0 Å². The molecule has 0 aliphatic heterocycles. The van der Waals surface area contributed by atoms with E-state index in [1.54, 1.807) is 0 Å². The van der Waals surface area contributed by atoms with Gasteiger partial charge in [-0.05, 0) is 51.7 Å². The first-order valence-electron chi connectivity index (χ1n) is 6.90. The van der Waals surface area contributed by atoms with Gasteiger partial charge in [-0.15, -0.1) is 0 Å². The van der Waals surface area contributed by atoms with Crippen molar-refractivity contribution in [2.75, 3.05) is 18.5 Å². The van der Waals surface area contributed by atoms with Gasteiger partial charge in [0.1, 0.15) is 11.5 Å². The minimum Gasteiger partial charge on any atom is -0.494 e. The van der Waals surface area contributed by atoms with Gasteiger partial charge in [-0.3, -0.25) is 0 Å². The molecule has 3 heteroatoms. The Hall–Kier alpha value is -1.38. The summed E-state index contributed by atoms with van der Waals surface area (Å²) >= 11 is 0. The third kappa shape index (κ3) is 3.31. The number of ether oxygens (including phenoxy) is 2. The van der Waals surface area contributed by atoms with Crippen molar-refractivity contribution in [1.82, 2.24) is 0 Å². The van der Waals surface area contributed by atoms with E-state index in [-0.39, 0.29) is 0 Å². The first-order chi connectivity index (χ1) is 8.74. The molecule has 0 saturated heterocycles. The van der Waals surface area contributed by atoms with Gasteiger partial charge >= 0.3 is 0 Å². The molecule has 3 nitrogen and oxygen atoms in total. The van der Waals surface area contributed by atoms with E-state index in [2.05, 4.69) is 12.2 Å². The average Bonchev–Trinajstić information content (AvgIpc) is 3.17. The molecular formula is C15H23NO2. The summed E-state index contributed by atoms with van der Waals surface area (Å²) in [7, 11) is 0. The fourth-order valence-electron chi connectivity index (χ4n) is 2.12. The van der Waals surface area contributed by atoms with Crippen LogP contribution in [0.15, 0.2) is 18.2 Å². The molecule has 0 heterocycles. The maximum atomic E-state index is 5.65. The molecule has 0 amide bonds. The molecular weight excluding hydrogens is 226 g/mol. The van der Waals surface area contributed by atoms with E-state index in [4.69, 9.17) is 9.47 Å². The summed E-state index contributed by atoms with van der Waals surface area (Å²) in [4.78, 5) is 0. The lowest BCUT2D eigenvalue weighted by atomic mass is 10.2. The van der Waals surface area contributed by atoms with Crippen LogP contribution in [-0.4, -0.2) is 19.3 Å². The maximum absolute atomic E-state index is 5.65. The van der Waals surface area contributed by atoms with Crippen LogP contribution in [0.1, 0.15) is 33.6 Å². The zero-order chi connectivity index (χ0) is 13.0. The quantitative estimate of drug-likeness (QED) is 0.799. The predicted octanol–water partition coefficient (Wildman–Crippen LogP) is 3.69. The van der Waals surface area contributed by atoms with Crippen LogP contribution < -0.4 is 14.8 Å². The largest absolute Gasteiger partial charge is 0.494 e. The van der Waals surface area contributed by atoms with Crippen LogP contribution in [0.5, 0.6) is 11.5 Å². The van der Waals surface area contributed by atoms with Gasteiger partial charge in [0.2, 0.25) is 0 Å². The molecule has 0 radical (unpaired) electrons. The van der Waals surface area contributed by atoms with Crippen molar-refractivity contribution < 1.29 is 9.47 Å². The van der Waals surface area contributed by atoms with Gasteiger partial charge in [0, 0.05) is 12.1 Å². The number of benzene rings is 1. The fraction of sp³-hybridized carbons (Fsp3) is 0.600. The minimum atomic E-state index is 0.501. The second-order valence-electron chi connectivity index (χ2n) is 4.79. The molecule has 0 spiro atoms. The molecule has 0 aromatic heterocycles. The van der Waals surface area contributed by atoms with Crippen LogP contribution in [0.25, 0.3) is 0 Å². The molecule has 1 N–H and O–H groups in total. The van der Waals surface area contributed by atoms with Gasteiger partial charge in [0.05, 0.1) is 18.9 Å². The lowest BCUT2D eigenvalue weighted by Gasteiger charge is -2.18. The number of rotatable bonds is 7. The van der Waals surface area contributed by atoms with Crippen LogP contribution in [0.2, 0.25) is 0 Å². The van der Waals surface area contributed by atoms with E-state index >= 15 is 0 Å². The van der Waals surface area contributed by atoms with Gasteiger partial charge in [-0.2, -0.15) is 0 Å². The van der Waals surface area contributed by atoms with Crippen molar-refractivity contribution in [3.8, 4) is 11.5 Å². The monoisotopic (exact) mass is 249 g/mol. The van der Waals surface area contributed by atoms with Gasteiger partial charge in [-0.25, -0.2) is 0 Å². The second kappa shape index (κ2) is 5.98. The number of hydrogen-bond acceptors (Lipinski definition) is 3. The van der Waals surface area contributed by atoms with E-state index in [0.29, 0.717) is 19.3 Å². The van der Waals surface area contributed by atoms with Crippen LogP contribution in [0.4, 0.5) is 5.69 Å². The first-order valence-corrected chi connectivity index (χ1v) is 6.90. The SMILES string of the molecule is CCOc1ccc(OCC)c(NC(C)C2CC2)c1. The first kappa shape index (κ1) is 13.1. The summed E-state index contributed by atoms with van der Waals surface area (Å²) in [5.74, 6) is 2.62. The standard InChI is InChI=1S/C15H23NO2/c1-4-17-13-8-9-15(18-5-2)14(10-13)16-11(3)12-6-7-12/h8-12,16H,4-7H2,1-3H3. The van der Waals surface area contributed by atoms with Crippen molar-refractivity contribution in [3.63, 3.8) is 0 Å². The van der Waals surface area contributed by atoms with E-state index < -0.39 is 0 Å². The highest BCUT2D eigenvalue weighted by atomic mass is 16.5. The van der Waals surface area contributed by atoms with Crippen molar-refractivity contribution in [2.45, 2.75) is 39.7 Å². The fourth-order valence-corrected chi connectivity index (χ4v) is 2.12. The van der Waals surface area contributed by atoms with Gasteiger partial charge < -0.3 is 14.8 Å². The molecule has 1 aliphatic carbocycles. The molecule has 18 heavy (non-hydrogen) atoms. The van der Waals surface area contributed by atoms with Crippen molar-refractivity contribution in [3.05, 3.63) is 18.2 Å². The normalized spacial score (nSPS) is 16.2. The van der Waals surface area contributed by atoms with Crippen molar-refractivity contribution in [1.29, 1.82) is 0 Å². The maximum Gasteiger partial charge on any atom is 0.142 e. The summed E-state index contributed by atoms with van der Waals surface area (Å²) in [6, 6.07) is 6.48. The summed E-state index contributed by atoms with van der Waals surface area (Å²) < 4.78 is 11.2. The number of nitrogens with one attached hydrogen (secondary N) is 1. The average molecular weight is 249 g/mol. The number of hydrogen-bond donors (Lipinski definition) is 1. The topological polar surface area (TPSA) is 30.5 Å². The van der Waals surface area contributed by atoms with E-state index in [1.165, 1.54) is 12.8 Å². The molecule has 1 atom stereocenters. The molecule has 2 rings (SSSR count). The smallest absolute Gasteiger partial charge is 0.142 e. The Bertz CT molecular complexity index is 388. The Morgan fingerprint density at radius 2 is 1.94 bits per heavy atom. The molecule has 1 aromatic rings. The van der Waals surface area contributed by atoms with E-state index in [1.807, 2.05) is 32.0 Å². The van der Waals surface area contributed by atoms with Crippen LogP contribution in [0, 0.1) is 5.92 Å². The lowest BCUT2D eigenvalue weighted by Crippen LogP contribution is -2.18. The third-order valence-corrected chi connectivity index (χ3v) is 3.27. The summed E-state index contributed by atoms with van der Waals surface area (Å²) in [6.45, 7) is 7.60. The van der Waals surface area contributed by atoms with Gasteiger partial charge in [0.25, 0.3) is 0 Å². The zero-order valence-corrected chi connectivity index (χ0v) is 11.5. The van der Waals surface area contributed by atoms with Gasteiger partial charge in [-0.1, -0.05) is 0 Å². The van der Waals surface area contributed by atoms with E-state index in [9.17, 15) is 0 Å². The molecule has 100 valence electrons. The summed E-state index contributed by atoms with van der Waals surface area (Å²) in [6.07, 6.45) is 2.67. The summed E-state index contributed by atoms with van der Waals surface area (Å²) in [5, 5.41) is 3.55. The summed E-state index contributed by atoms with van der Waals surface area (Å²) in [5.41, 5.74) is 1.04. The predicted molar refractivity (Wildman–Crippen MR) is 74.6 cm³/mol. The van der Waals surface area contributed by atoms with Crippen LogP contribution in [0.3, 0.4) is 0 Å². The Balaban J connectivity index is 2.13. The molecule has 1 unspecified atom stereocenters. The Labute approximate surface area is 109 Å². The molecule has 1 aromatic carbocycles. The highest BCUT2D eigenvalue weighted by Crippen LogP contribution is 2.36. The molecule has 1 fully saturated rings.